The van der Waals surface area contributed by atoms with Crippen molar-refractivity contribution in [3.63, 3.8) is 0 Å². The molecule has 1 rings (SSSR count). The van der Waals surface area contributed by atoms with Crippen LogP contribution in [0.2, 0.25) is 0 Å². The Hall–Kier alpha value is -0.570. The maximum Gasteiger partial charge on any atom is 0.226 e. The lowest BCUT2D eigenvalue weighted by molar-refractivity contribution is -0.131. The number of hydrogen-bond acceptors (Lipinski definition) is 2. The van der Waals surface area contributed by atoms with Gasteiger partial charge in [0.05, 0.1) is 6.10 Å². The molecule has 0 heterocycles. The van der Waals surface area contributed by atoms with Crippen molar-refractivity contribution in [1.29, 1.82) is 0 Å². The fourth-order valence-corrected chi connectivity index (χ4v) is 2.41. The summed E-state index contributed by atoms with van der Waals surface area (Å²) in [5.41, 5.74) is -0.142. The molecular formula is C13H25NO2. The molecule has 1 atom stereocenters. The highest BCUT2D eigenvalue weighted by atomic mass is 16.3. The quantitative estimate of drug-likeness (QED) is 0.755. The highest BCUT2D eigenvalue weighted by Crippen LogP contribution is 2.41. The maximum atomic E-state index is 12.1. The van der Waals surface area contributed by atoms with Crippen LogP contribution in [-0.2, 0) is 4.79 Å². The first-order chi connectivity index (χ1) is 7.52. The summed E-state index contributed by atoms with van der Waals surface area (Å²) in [5.74, 6) is 0.341. The molecule has 0 aromatic carbocycles. The molecule has 3 heteroatoms. The van der Waals surface area contributed by atoms with E-state index in [1.165, 1.54) is 0 Å². The Morgan fingerprint density at radius 1 is 1.38 bits per heavy atom. The van der Waals surface area contributed by atoms with Crippen LogP contribution in [0, 0.1) is 11.3 Å². The average molecular weight is 227 g/mol. The van der Waals surface area contributed by atoms with Crippen LogP contribution in [0.3, 0.4) is 0 Å². The zero-order valence-electron chi connectivity index (χ0n) is 10.8. The number of amides is 1. The standard InChI is InChI=1S/C13H25NO2/c1-4-13(7-5-6-8-13)12(16)14-9-11(15)10(2)3/h10-11,15H,4-9H2,1-3H3,(H,14,16). The van der Waals surface area contributed by atoms with Crippen LogP contribution < -0.4 is 5.32 Å². The van der Waals surface area contributed by atoms with E-state index in [-0.39, 0.29) is 17.2 Å². The van der Waals surface area contributed by atoms with E-state index < -0.39 is 6.10 Å². The van der Waals surface area contributed by atoms with Gasteiger partial charge in [0.25, 0.3) is 0 Å². The van der Waals surface area contributed by atoms with Crippen molar-refractivity contribution in [2.24, 2.45) is 11.3 Å². The molecule has 2 N–H and O–H groups in total. The minimum Gasteiger partial charge on any atom is -0.391 e. The highest BCUT2D eigenvalue weighted by molar-refractivity contribution is 5.82. The first-order valence-corrected chi connectivity index (χ1v) is 6.48. The minimum atomic E-state index is -0.431. The molecule has 3 nitrogen and oxygen atoms in total. The molecule has 1 aliphatic carbocycles. The maximum absolute atomic E-state index is 12.1. The van der Waals surface area contributed by atoms with Gasteiger partial charge in [-0.15, -0.1) is 0 Å². The molecule has 0 saturated heterocycles. The summed E-state index contributed by atoms with van der Waals surface area (Å²) in [4.78, 5) is 12.1. The summed E-state index contributed by atoms with van der Waals surface area (Å²) in [6, 6.07) is 0. The van der Waals surface area contributed by atoms with Crippen LogP contribution in [0.1, 0.15) is 52.9 Å². The molecule has 0 aromatic heterocycles. The van der Waals surface area contributed by atoms with E-state index in [0.717, 1.165) is 32.1 Å². The second-order valence-electron chi connectivity index (χ2n) is 5.36. The molecule has 1 aliphatic rings. The summed E-state index contributed by atoms with van der Waals surface area (Å²) in [6.07, 6.45) is 4.82. The minimum absolute atomic E-state index is 0.142. The molecule has 0 aliphatic heterocycles. The van der Waals surface area contributed by atoms with Crippen molar-refractivity contribution < 1.29 is 9.90 Å². The molecule has 94 valence electrons. The molecule has 1 fully saturated rings. The van der Waals surface area contributed by atoms with Crippen LogP contribution in [0.15, 0.2) is 0 Å². The van der Waals surface area contributed by atoms with Gasteiger partial charge in [0.1, 0.15) is 0 Å². The highest BCUT2D eigenvalue weighted by Gasteiger charge is 2.39. The van der Waals surface area contributed by atoms with Gasteiger partial charge in [-0.25, -0.2) is 0 Å². The van der Waals surface area contributed by atoms with Gasteiger partial charge >= 0.3 is 0 Å². The van der Waals surface area contributed by atoms with Crippen molar-refractivity contribution in [3.05, 3.63) is 0 Å². The molecule has 16 heavy (non-hydrogen) atoms. The van der Waals surface area contributed by atoms with Crippen LogP contribution >= 0.6 is 0 Å². The van der Waals surface area contributed by atoms with Crippen molar-refractivity contribution in [1.82, 2.24) is 5.32 Å². The summed E-state index contributed by atoms with van der Waals surface area (Å²) in [5, 5.41) is 12.6. The van der Waals surface area contributed by atoms with Gasteiger partial charge < -0.3 is 10.4 Å². The SMILES string of the molecule is CCC1(C(=O)NCC(O)C(C)C)CCCC1. The largest absolute Gasteiger partial charge is 0.391 e. The van der Waals surface area contributed by atoms with E-state index in [1.54, 1.807) is 0 Å². The third kappa shape index (κ3) is 2.97. The Balaban J connectivity index is 2.45. The summed E-state index contributed by atoms with van der Waals surface area (Å²) >= 11 is 0. The normalized spacial score (nSPS) is 21.1. The third-order valence-electron chi connectivity index (χ3n) is 3.96. The Bertz CT molecular complexity index is 232. The summed E-state index contributed by atoms with van der Waals surface area (Å²) in [6.45, 7) is 6.39. The van der Waals surface area contributed by atoms with Crippen molar-refractivity contribution in [3.8, 4) is 0 Å². The number of hydrogen-bond donors (Lipinski definition) is 2. The number of carbonyl (C=O) groups excluding carboxylic acids is 1. The summed E-state index contributed by atoms with van der Waals surface area (Å²) < 4.78 is 0. The molecule has 0 radical (unpaired) electrons. The van der Waals surface area contributed by atoms with Crippen molar-refractivity contribution in [2.45, 2.75) is 59.0 Å². The van der Waals surface area contributed by atoms with Crippen molar-refractivity contribution in [2.75, 3.05) is 6.54 Å². The zero-order chi connectivity index (χ0) is 12.2. The number of nitrogens with one attached hydrogen (secondary N) is 1. The smallest absolute Gasteiger partial charge is 0.226 e. The fourth-order valence-electron chi connectivity index (χ4n) is 2.41. The van der Waals surface area contributed by atoms with Gasteiger partial charge in [-0.1, -0.05) is 33.6 Å². The number of aliphatic hydroxyl groups is 1. The number of aliphatic hydroxyl groups excluding tert-OH is 1. The second-order valence-corrected chi connectivity index (χ2v) is 5.36. The molecule has 1 unspecified atom stereocenters. The summed E-state index contributed by atoms with van der Waals surface area (Å²) in [7, 11) is 0. The van der Waals surface area contributed by atoms with Gasteiger partial charge in [0.15, 0.2) is 0 Å². The molecule has 1 saturated carbocycles. The lowest BCUT2D eigenvalue weighted by Crippen LogP contribution is -2.43. The fraction of sp³-hybridized carbons (Fsp3) is 0.923. The van der Waals surface area contributed by atoms with Crippen LogP contribution in [0.4, 0.5) is 0 Å². The van der Waals surface area contributed by atoms with E-state index in [4.69, 9.17) is 0 Å². The first-order valence-electron chi connectivity index (χ1n) is 6.48. The van der Waals surface area contributed by atoms with E-state index in [1.807, 2.05) is 13.8 Å². The topological polar surface area (TPSA) is 49.3 Å². The predicted octanol–water partition coefficient (Wildman–Crippen LogP) is 2.09. The average Bonchev–Trinajstić information content (AvgIpc) is 2.74. The first kappa shape index (κ1) is 13.5. The third-order valence-corrected chi connectivity index (χ3v) is 3.96. The van der Waals surface area contributed by atoms with Crippen LogP contribution in [-0.4, -0.2) is 23.7 Å². The second kappa shape index (κ2) is 5.67. The zero-order valence-corrected chi connectivity index (χ0v) is 10.8. The monoisotopic (exact) mass is 227 g/mol. The van der Waals surface area contributed by atoms with E-state index in [0.29, 0.717) is 6.54 Å². The lowest BCUT2D eigenvalue weighted by Gasteiger charge is -2.27. The van der Waals surface area contributed by atoms with Gasteiger partial charge in [0.2, 0.25) is 5.91 Å². The van der Waals surface area contributed by atoms with Crippen LogP contribution in [0.5, 0.6) is 0 Å². The Kier molecular flexibility index (Phi) is 4.78. The molecule has 0 bridgehead atoms. The van der Waals surface area contributed by atoms with Gasteiger partial charge in [-0.05, 0) is 25.2 Å². The van der Waals surface area contributed by atoms with Gasteiger partial charge in [-0.2, -0.15) is 0 Å². The van der Waals surface area contributed by atoms with Gasteiger partial charge in [0, 0.05) is 12.0 Å². The Morgan fingerprint density at radius 3 is 2.38 bits per heavy atom. The molecular weight excluding hydrogens is 202 g/mol. The molecule has 0 spiro atoms. The Morgan fingerprint density at radius 2 is 1.94 bits per heavy atom. The molecule has 0 aromatic rings. The van der Waals surface area contributed by atoms with Gasteiger partial charge in [-0.3, -0.25) is 4.79 Å². The van der Waals surface area contributed by atoms with Crippen molar-refractivity contribution >= 4 is 5.91 Å². The van der Waals surface area contributed by atoms with Crippen LogP contribution in [0.25, 0.3) is 0 Å². The Labute approximate surface area is 98.6 Å². The van der Waals surface area contributed by atoms with E-state index >= 15 is 0 Å². The molecule has 1 amide bonds. The van der Waals surface area contributed by atoms with E-state index in [9.17, 15) is 9.90 Å². The number of carbonyl (C=O) groups is 1. The number of rotatable bonds is 5. The van der Waals surface area contributed by atoms with E-state index in [2.05, 4.69) is 12.2 Å². The predicted molar refractivity (Wildman–Crippen MR) is 65.0 cm³/mol. The lowest BCUT2D eigenvalue weighted by atomic mass is 9.82.